The van der Waals surface area contributed by atoms with Crippen LogP contribution in [0, 0.1) is 5.92 Å². The molecule has 0 aliphatic carbocycles. The van der Waals surface area contributed by atoms with Crippen LogP contribution in [0.5, 0.6) is 0 Å². The molecular weight excluding hydrogens is 318 g/mol. The van der Waals surface area contributed by atoms with Crippen LogP contribution in [-0.4, -0.2) is 41.0 Å². The Morgan fingerprint density at radius 2 is 2.04 bits per heavy atom. The van der Waals surface area contributed by atoms with Gasteiger partial charge >= 0.3 is 0 Å². The first kappa shape index (κ1) is 17.0. The van der Waals surface area contributed by atoms with Crippen LogP contribution in [0.4, 0.5) is 5.95 Å². The lowest BCUT2D eigenvalue weighted by molar-refractivity contribution is -0.128. The highest BCUT2D eigenvalue weighted by atomic mass is 16.2. The first-order valence-corrected chi connectivity index (χ1v) is 8.47. The van der Waals surface area contributed by atoms with E-state index in [1.807, 2.05) is 24.3 Å². The van der Waals surface area contributed by atoms with Crippen molar-refractivity contribution in [3.05, 3.63) is 36.9 Å². The van der Waals surface area contributed by atoms with Gasteiger partial charge in [-0.2, -0.15) is 0 Å². The van der Waals surface area contributed by atoms with Crippen LogP contribution in [0.2, 0.25) is 0 Å². The Morgan fingerprint density at radius 3 is 2.72 bits per heavy atom. The fourth-order valence-corrected chi connectivity index (χ4v) is 3.27. The summed E-state index contributed by atoms with van der Waals surface area (Å²) in [6.07, 6.45) is 3.31. The fraction of sp³-hybridized carbons (Fsp3) is 0.389. The number of amides is 2. The van der Waals surface area contributed by atoms with Crippen LogP contribution in [-0.2, 0) is 16.1 Å². The lowest BCUT2D eigenvalue weighted by Crippen LogP contribution is -2.43. The molecule has 1 aliphatic heterocycles. The minimum absolute atomic E-state index is 0.0900. The molecule has 1 aliphatic rings. The first-order valence-electron chi connectivity index (χ1n) is 8.47. The maximum atomic E-state index is 12.1. The van der Waals surface area contributed by atoms with E-state index in [0.29, 0.717) is 6.54 Å². The number of nitrogens with zero attached hydrogens (tertiary/aromatic N) is 3. The molecule has 0 atom stereocenters. The molecule has 1 aromatic carbocycles. The maximum absolute atomic E-state index is 12.1. The third kappa shape index (κ3) is 3.65. The van der Waals surface area contributed by atoms with Gasteiger partial charge in [0.25, 0.3) is 0 Å². The van der Waals surface area contributed by atoms with Crippen molar-refractivity contribution in [1.29, 1.82) is 0 Å². The number of hydrogen-bond acceptors (Lipinski definition) is 4. The number of aromatic nitrogens is 2. The number of carbonyl (C=O) groups excluding carboxylic acids is 2. The predicted molar refractivity (Wildman–Crippen MR) is 97.1 cm³/mol. The average molecular weight is 341 g/mol. The molecule has 3 rings (SSSR count). The summed E-state index contributed by atoms with van der Waals surface area (Å²) in [6, 6.07) is 8.04. The second kappa shape index (κ2) is 7.38. The van der Waals surface area contributed by atoms with Crippen molar-refractivity contribution in [2.45, 2.75) is 19.4 Å². The van der Waals surface area contributed by atoms with E-state index in [4.69, 9.17) is 10.7 Å². The zero-order valence-electron chi connectivity index (χ0n) is 14.1. The van der Waals surface area contributed by atoms with Gasteiger partial charge in [0, 0.05) is 25.6 Å². The molecule has 7 nitrogen and oxygen atoms in total. The van der Waals surface area contributed by atoms with E-state index in [1.165, 1.54) is 0 Å². The number of carbonyl (C=O) groups is 2. The number of para-hydroxylation sites is 2. The molecule has 1 aromatic heterocycles. The summed E-state index contributed by atoms with van der Waals surface area (Å²) in [4.78, 5) is 29.8. The van der Waals surface area contributed by atoms with Gasteiger partial charge in [0.1, 0.15) is 0 Å². The maximum Gasteiger partial charge on any atom is 0.236 e. The Kier molecular flexibility index (Phi) is 5.02. The highest BCUT2D eigenvalue weighted by Crippen LogP contribution is 2.27. The van der Waals surface area contributed by atoms with Gasteiger partial charge < -0.3 is 20.5 Å². The molecule has 0 unspecified atom stereocenters. The summed E-state index contributed by atoms with van der Waals surface area (Å²) in [5.74, 6) is 0.201. The van der Waals surface area contributed by atoms with Gasteiger partial charge in [-0.3, -0.25) is 9.59 Å². The van der Waals surface area contributed by atoms with Crippen molar-refractivity contribution in [3.8, 4) is 0 Å². The number of imidazole rings is 1. The van der Waals surface area contributed by atoms with E-state index < -0.39 is 5.91 Å². The highest BCUT2D eigenvalue weighted by Gasteiger charge is 2.27. The minimum Gasteiger partial charge on any atom is -0.368 e. The lowest BCUT2D eigenvalue weighted by atomic mass is 9.96. The van der Waals surface area contributed by atoms with Crippen molar-refractivity contribution in [3.63, 3.8) is 0 Å². The third-order valence-electron chi connectivity index (χ3n) is 4.53. The Bertz CT molecular complexity index is 790. The smallest absolute Gasteiger partial charge is 0.236 e. The summed E-state index contributed by atoms with van der Waals surface area (Å²) in [5, 5.41) is 2.59. The largest absolute Gasteiger partial charge is 0.368 e. The van der Waals surface area contributed by atoms with Crippen molar-refractivity contribution >= 4 is 28.8 Å². The number of piperidine rings is 1. The van der Waals surface area contributed by atoms with E-state index in [2.05, 4.69) is 27.4 Å². The van der Waals surface area contributed by atoms with Gasteiger partial charge in [-0.05, 0) is 25.0 Å². The van der Waals surface area contributed by atoms with Crippen molar-refractivity contribution in [2.24, 2.45) is 11.7 Å². The van der Waals surface area contributed by atoms with Gasteiger partial charge in [0.15, 0.2) is 0 Å². The quantitative estimate of drug-likeness (QED) is 0.768. The van der Waals surface area contributed by atoms with E-state index >= 15 is 0 Å². The number of nitrogens with two attached hydrogens (primary N) is 1. The molecule has 7 heteroatoms. The van der Waals surface area contributed by atoms with E-state index in [1.54, 1.807) is 0 Å². The Labute approximate surface area is 146 Å². The molecule has 25 heavy (non-hydrogen) atoms. The van der Waals surface area contributed by atoms with Gasteiger partial charge in [0.2, 0.25) is 17.8 Å². The number of anilines is 1. The molecule has 1 saturated heterocycles. The zero-order chi connectivity index (χ0) is 17.8. The normalized spacial score (nSPS) is 15.3. The van der Waals surface area contributed by atoms with Crippen LogP contribution >= 0.6 is 0 Å². The molecule has 2 heterocycles. The first-order chi connectivity index (χ1) is 12.1. The van der Waals surface area contributed by atoms with Crippen molar-refractivity contribution in [1.82, 2.24) is 14.9 Å². The number of hydrogen-bond donors (Lipinski definition) is 2. The Morgan fingerprint density at radius 1 is 1.32 bits per heavy atom. The predicted octanol–water partition coefficient (Wildman–Crippen LogP) is 1.04. The van der Waals surface area contributed by atoms with Gasteiger partial charge in [-0.15, -0.1) is 6.58 Å². The SMILES string of the molecule is C=CCn1c(N2CCC(C(=O)NCC(N)=O)CC2)nc2ccccc21. The van der Waals surface area contributed by atoms with Crippen LogP contribution in [0.25, 0.3) is 11.0 Å². The van der Waals surface area contributed by atoms with E-state index in [0.717, 1.165) is 42.9 Å². The topological polar surface area (TPSA) is 93.3 Å². The number of benzene rings is 1. The molecule has 2 amide bonds. The van der Waals surface area contributed by atoms with E-state index in [9.17, 15) is 9.59 Å². The van der Waals surface area contributed by atoms with Crippen LogP contribution in [0.15, 0.2) is 36.9 Å². The Hall–Kier alpha value is -2.83. The average Bonchev–Trinajstić information content (AvgIpc) is 2.99. The van der Waals surface area contributed by atoms with Gasteiger partial charge in [-0.25, -0.2) is 4.98 Å². The second-order valence-corrected chi connectivity index (χ2v) is 6.25. The molecule has 0 bridgehead atoms. The van der Waals surface area contributed by atoms with Crippen LogP contribution in [0.3, 0.4) is 0 Å². The second-order valence-electron chi connectivity index (χ2n) is 6.25. The molecule has 0 saturated carbocycles. The molecule has 0 spiro atoms. The lowest BCUT2D eigenvalue weighted by Gasteiger charge is -2.32. The highest BCUT2D eigenvalue weighted by molar-refractivity contribution is 5.85. The van der Waals surface area contributed by atoms with Gasteiger partial charge in [-0.1, -0.05) is 18.2 Å². The van der Waals surface area contributed by atoms with Crippen molar-refractivity contribution < 1.29 is 9.59 Å². The summed E-state index contributed by atoms with van der Waals surface area (Å²) in [5.41, 5.74) is 7.11. The summed E-state index contributed by atoms with van der Waals surface area (Å²) in [7, 11) is 0. The molecule has 0 radical (unpaired) electrons. The monoisotopic (exact) mass is 341 g/mol. The minimum atomic E-state index is -0.524. The van der Waals surface area contributed by atoms with Crippen molar-refractivity contribution in [2.75, 3.05) is 24.5 Å². The summed E-state index contributed by atoms with van der Waals surface area (Å²) >= 11 is 0. The summed E-state index contributed by atoms with van der Waals surface area (Å²) in [6.45, 7) is 5.92. The number of fused-ring (bicyclic) bond motifs is 1. The fourth-order valence-electron chi connectivity index (χ4n) is 3.27. The van der Waals surface area contributed by atoms with E-state index in [-0.39, 0.29) is 18.4 Å². The molecule has 1 fully saturated rings. The molecular formula is C18H23N5O2. The van der Waals surface area contributed by atoms with Crippen LogP contribution in [0.1, 0.15) is 12.8 Å². The molecule has 132 valence electrons. The standard InChI is InChI=1S/C18H23N5O2/c1-2-9-23-15-6-4-3-5-14(15)21-18(23)22-10-7-13(8-11-22)17(25)20-12-16(19)24/h2-6,13H,1,7-12H2,(H2,19,24)(H,20,25). The number of rotatable bonds is 6. The van der Waals surface area contributed by atoms with Crippen LogP contribution < -0.4 is 16.0 Å². The Balaban J connectivity index is 1.71. The number of primary amides is 1. The molecule has 3 N–H and O–H groups in total. The zero-order valence-corrected chi connectivity index (χ0v) is 14.1. The van der Waals surface area contributed by atoms with Gasteiger partial charge in [0.05, 0.1) is 17.6 Å². The molecule has 2 aromatic rings. The third-order valence-corrected chi connectivity index (χ3v) is 4.53. The number of allylic oxidation sites excluding steroid dienone is 1. The number of nitrogens with one attached hydrogen (secondary N) is 1. The summed E-state index contributed by atoms with van der Waals surface area (Å²) < 4.78 is 2.15.